The van der Waals surface area contributed by atoms with Gasteiger partial charge >= 0.3 is 0 Å². The maximum atomic E-state index is 13.4. The average molecular weight is 213 g/mol. The SMILES string of the molecule is CCC(CC)Sc1ccc(N)cc1F. The Kier molecular flexibility index (Phi) is 4.26. The van der Waals surface area contributed by atoms with Gasteiger partial charge < -0.3 is 5.73 Å². The number of thioether (sulfide) groups is 1. The molecule has 0 aliphatic rings. The van der Waals surface area contributed by atoms with Gasteiger partial charge in [0.25, 0.3) is 0 Å². The number of benzene rings is 1. The molecular formula is C11H16FNS. The molecule has 0 radical (unpaired) electrons. The summed E-state index contributed by atoms with van der Waals surface area (Å²) in [6.45, 7) is 4.24. The number of rotatable bonds is 4. The number of hydrogen-bond donors (Lipinski definition) is 1. The van der Waals surface area contributed by atoms with Crippen LogP contribution in [0, 0.1) is 5.82 Å². The highest BCUT2D eigenvalue weighted by Crippen LogP contribution is 2.30. The van der Waals surface area contributed by atoms with Crippen LogP contribution in [0.3, 0.4) is 0 Å². The summed E-state index contributed by atoms with van der Waals surface area (Å²) in [6, 6.07) is 4.88. The zero-order valence-corrected chi connectivity index (χ0v) is 9.40. The molecule has 0 spiro atoms. The minimum absolute atomic E-state index is 0.207. The lowest BCUT2D eigenvalue weighted by molar-refractivity contribution is 0.601. The summed E-state index contributed by atoms with van der Waals surface area (Å²) < 4.78 is 13.4. The molecule has 0 bridgehead atoms. The summed E-state index contributed by atoms with van der Waals surface area (Å²) in [5, 5.41) is 0.494. The molecule has 14 heavy (non-hydrogen) atoms. The van der Waals surface area contributed by atoms with Crippen LogP contribution in [0.15, 0.2) is 23.1 Å². The lowest BCUT2D eigenvalue weighted by Gasteiger charge is -2.12. The molecule has 0 aliphatic heterocycles. The van der Waals surface area contributed by atoms with Crippen molar-refractivity contribution in [3.05, 3.63) is 24.0 Å². The van der Waals surface area contributed by atoms with Crippen LogP contribution >= 0.6 is 11.8 Å². The minimum Gasteiger partial charge on any atom is -0.399 e. The van der Waals surface area contributed by atoms with Crippen LogP contribution in [0.25, 0.3) is 0 Å². The number of hydrogen-bond acceptors (Lipinski definition) is 2. The summed E-state index contributed by atoms with van der Waals surface area (Å²) in [4.78, 5) is 0.702. The Labute approximate surface area is 88.9 Å². The average Bonchev–Trinajstić information content (AvgIpc) is 2.17. The van der Waals surface area contributed by atoms with Crippen molar-refractivity contribution in [2.75, 3.05) is 5.73 Å². The number of nitrogen functional groups attached to an aromatic ring is 1. The lowest BCUT2D eigenvalue weighted by Crippen LogP contribution is -1.99. The van der Waals surface area contributed by atoms with Crippen molar-refractivity contribution in [1.82, 2.24) is 0 Å². The fraction of sp³-hybridized carbons (Fsp3) is 0.455. The standard InChI is InChI=1S/C11H16FNS/c1-3-9(4-2)14-11-6-5-8(13)7-10(11)12/h5-7,9H,3-4,13H2,1-2H3. The molecule has 0 saturated heterocycles. The zero-order chi connectivity index (χ0) is 10.6. The number of anilines is 1. The molecule has 1 aromatic rings. The van der Waals surface area contributed by atoms with Gasteiger partial charge in [-0.3, -0.25) is 0 Å². The van der Waals surface area contributed by atoms with Gasteiger partial charge in [0.1, 0.15) is 5.82 Å². The van der Waals surface area contributed by atoms with E-state index in [1.54, 1.807) is 23.9 Å². The molecule has 0 heterocycles. The van der Waals surface area contributed by atoms with Gasteiger partial charge in [0, 0.05) is 15.8 Å². The molecule has 0 aromatic heterocycles. The van der Waals surface area contributed by atoms with Gasteiger partial charge in [0.15, 0.2) is 0 Å². The molecule has 0 saturated carbocycles. The molecule has 1 rings (SSSR count). The van der Waals surface area contributed by atoms with Gasteiger partial charge in [-0.05, 0) is 31.0 Å². The first-order valence-corrected chi connectivity index (χ1v) is 5.77. The summed E-state index contributed by atoms with van der Waals surface area (Å²) in [6.07, 6.45) is 2.12. The lowest BCUT2D eigenvalue weighted by atomic mass is 10.3. The molecule has 0 amide bonds. The molecule has 1 nitrogen and oxygen atoms in total. The van der Waals surface area contributed by atoms with Gasteiger partial charge in [-0.15, -0.1) is 11.8 Å². The van der Waals surface area contributed by atoms with Crippen LogP contribution in [-0.2, 0) is 0 Å². The fourth-order valence-corrected chi connectivity index (χ4v) is 2.26. The van der Waals surface area contributed by atoms with Crippen molar-refractivity contribution in [2.24, 2.45) is 0 Å². The van der Waals surface area contributed by atoms with E-state index in [0.717, 1.165) is 12.8 Å². The summed E-state index contributed by atoms with van der Waals surface area (Å²) in [7, 11) is 0. The fourth-order valence-electron chi connectivity index (χ4n) is 1.25. The zero-order valence-electron chi connectivity index (χ0n) is 8.59. The van der Waals surface area contributed by atoms with Gasteiger partial charge in [0.05, 0.1) is 0 Å². The van der Waals surface area contributed by atoms with E-state index in [9.17, 15) is 4.39 Å². The van der Waals surface area contributed by atoms with Crippen LogP contribution in [0.1, 0.15) is 26.7 Å². The number of nitrogens with two attached hydrogens (primary N) is 1. The predicted molar refractivity (Wildman–Crippen MR) is 61.0 cm³/mol. The second-order valence-electron chi connectivity index (χ2n) is 3.25. The molecule has 78 valence electrons. The maximum Gasteiger partial charge on any atom is 0.138 e. The summed E-state index contributed by atoms with van der Waals surface area (Å²) in [5.74, 6) is -0.207. The van der Waals surface area contributed by atoms with E-state index >= 15 is 0 Å². The van der Waals surface area contributed by atoms with Crippen molar-refractivity contribution in [2.45, 2.75) is 36.8 Å². The van der Waals surface area contributed by atoms with Crippen molar-refractivity contribution < 1.29 is 4.39 Å². The van der Waals surface area contributed by atoms with E-state index in [-0.39, 0.29) is 5.82 Å². The Morgan fingerprint density at radius 3 is 2.50 bits per heavy atom. The molecular weight excluding hydrogens is 197 g/mol. The van der Waals surface area contributed by atoms with Crippen LogP contribution in [0.5, 0.6) is 0 Å². The Hall–Kier alpha value is -0.700. The first-order valence-electron chi connectivity index (χ1n) is 4.89. The highest BCUT2D eigenvalue weighted by molar-refractivity contribution is 8.00. The smallest absolute Gasteiger partial charge is 0.138 e. The Balaban J connectivity index is 2.76. The summed E-state index contributed by atoms with van der Waals surface area (Å²) in [5.41, 5.74) is 5.96. The normalized spacial score (nSPS) is 10.9. The molecule has 3 heteroatoms. The largest absolute Gasteiger partial charge is 0.399 e. The van der Waals surface area contributed by atoms with E-state index in [0.29, 0.717) is 15.8 Å². The van der Waals surface area contributed by atoms with Crippen molar-refractivity contribution in [1.29, 1.82) is 0 Å². The molecule has 1 aromatic carbocycles. The van der Waals surface area contributed by atoms with Gasteiger partial charge in [-0.25, -0.2) is 4.39 Å². The minimum atomic E-state index is -0.207. The highest BCUT2D eigenvalue weighted by atomic mass is 32.2. The number of halogens is 1. The first-order chi connectivity index (χ1) is 6.67. The quantitative estimate of drug-likeness (QED) is 0.609. The van der Waals surface area contributed by atoms with E-state index in [4.69, 9.17) is 5.73 Å². The first kappa shape index (κ1) is 11.4. The van der Waals surface area contributed by atoms with E-state index in [1.165, 1.54) is 6.07 Å². The van der Waals surface area contributed by atoms with Crippen molar-refractivity contribution >= 4 is 17.4 Å². The third-order valence-electron chi connectivity index (χ3n) is 2.16. The highest BCUT2D eigenvalue weighted by Gasteiger charge is 2.09. The Bertz CT molecular complexity index is 297. The van der Waals surface area contributed by atoms with E-state index < -0.39 is 0 Å². The van der Waals surface area contributed by atoms with Crippen molar-refractivity contribution in [3.8, 4) is 0 Å². The van der Waals surface area contributed by atoms with Crippen LogP contribution in [0.4, 0.5) is 10.1 Å². The van der Waals surface area contributed by atoms with Crippen LogP contribution in [-0.4, -0.2) is 5.25 Å². The van der Waals surface area contributed by atoms with E-state index in [1.807, 2.05) is 0 Å². The molecule has 0 unspecified atom stereocenters. The second kappa shape index (κ2) is 5.25. The van der Waals surface area contributed by atoms with Gasteiger partial charge in [-0.1, -0.05) is 13.8 Å². The third kappa shape index (κ3) is 2.91. The maximum absolute atomic E-state index is 13.4. The molecule has 0 aliphatic carbocycles. The second-order valence-corrected chi connectivity index (χ2v) is 4.59. The van der Waals surface area contributed by atoms with E-state index in [2.05, 4.69) is 13.8 Å². The van der Waals surface area contributed by atoms with Crippen LogP contribution < -0.4 is 5.73 Å². The topological polar surface area (TPSA) is 26.0 Å². The van der Waals surface area contributed by atoms with Gasteiger partial charge in [-0.2, -0.15) is 0 Å². The molecule has 0 atom stereocenters. The van der Waals surface area contributed by atoms with Crippen molar-refractivity contribution in [3.63, 3.8) is 0 Å². The Morgan fingerprint density at radius 1 is 1.36 bits per heavy atom. The predicted octanol–water partition coefficient (Wildman–Crippen LogP) is 3.69. The molecule has 0 fully saturated rings. The summed E-state index contributed by atoms with van der Waals surface area (Å²) >= 11 is 1.59. The Morgan fingerprint density at radius 2 is 2.00 bits per heavy atom. The monoisotopic (exact) mass is 213 g/mol. The third-order valence-corrected chi connectivity index (χ3v) is 3.75. The van der Waals surface area contributed by atoms with Crippen LogP contribution in [0.2, 0.25) is 0 Å². The molecule has 2 N–H and O–H groups in total. The van der Waals surface area contributed by atoms with Gasteiger partial charge in [0.2, 0.25) is 0 Å².